The number of thiocarbonyl (C=S) groups is 1. The second-order valence-electron chi connectivity index (χ2n) is 8.00. The van der Waals surface area contributed by atoms with Crippen molar-refractivity contribution in [1.82, 2.24) is 20.9 Å². The maximum Gasteiger partial charge on any atom is 0.252 e. The smallest absolute Gasteiger partial charge is 0.252 e. The fraction of sp³-hybridized carbons (Fsp3) is 0.591. The normalized spacial score (nSPS) is 17.6. The lowest BCUT2D eigenvalue weighted by Gasteiger charge is -2.37. The number of rotatable bonds is 7. The van der Waals surface area contributed by atoms with Gasteiger partial charge in [-0.2, -0.15) is 0 Å². The third-order valence-electron chi connectivity index (χ3n) is 5.83. The minimum absolute atomic E-state index is 0.0303. The number of likely N-dealkylation sites (tertiary alicyclic amines) is 1. The van der Waals surface area contributed by atoms with Gasteiger partial charge >= 0.3 is 0 Å². The number of nitrogens with one attached hydrogen (secondary N) is 3. The van der Waals surface area contributed by atoms with Crippen LogP contribution in [0.4, 0.5) is 0 Å². The van der Waals surface area contributed by atoms with Gasteiger partial charge in [0, 0.05) is 31.2 Å². The molecule has 2 aliphatic heterocycles. The molecule has 1 aromatic rings. The van der Waals surface area contributed by atoms with Gasteiger partial charge in [0.1, 0.15) is 6.04 Å². The molecule has 0 aromatic heterocycles. The maximum absolute atomic E-state index is 13.1. The second kappa shape index (κ2) is 10.7. The quantitative estimate of drug-likeness (QED) is 0.550. The summed E-state index contributed by atoms with van der Waals surface area (Å²) in [5.41, 5.74) is 0.441. The standard InChI is InChI=1S/C22H32N4O4S/c1-4-14(3)24-21(28)19(15-8-10-26(11-9-15)22(31)23-5-2)25-20(27)16-6-7-17-18(12-16)30-13-29-17/h6-7,12,14-15,19H,4-5,8-11,13H2,1-3H3,(H,23,31)(H,24,28)(H,25,27)/t14-,19+/m0/s1. The molecule has 1 fully saturated rings. The molecule has 2 heterocycles. The van der Waals surface area contributed by atoms with Gasteiger partial charge in [-0.25, -0.2) is 0 Å². The highest BCUT2D eigenvalue weighted by atomic mass is 32.1. The molecular formula is C22H32N4O4S. The van der Waals surface area contributed by atoms with Crippen molar-refractivity contribution in [3.05, 3.63) is 23.8 Å². The highest BCUT2D eigenvalue weighted by molar-refractivity contribution is 7.80. The van der Waals surface area contributed by atoms with Crippen LogP contribution in [0.2, 0.25) is 0 Å². The van der Waals surface area contributed by atoms with E-state index in [4.69, 9.17) is 21.7 Å². The van der Waals surface area contributed by atoms with Crippen LogP contribution in [0.15, 0.2) is 18.2 Å². The van der Waals surface area contributed by atoms with Crippen molar-refractivity contribution in [2.45, 2.75) is 52.1 Å². The molecule has 0 saturated carbocycles. The predicted molar refractivity (Wildman–Crippen MR) is 122 cm³/mol. The molecule has 8 nitrogen and oxygen atoms in total. The highest BCUT2D eigenvalue weighted by Gasteiger charge is 2.34. The number of hydrogen-bond donors (Lipinski definition) is 3. The molecule has 2 aliphatic rings. The minimum atomic E-state index is -0.609. The Balaban J connectivity index is 1.70. The van der Waals surface area contributed by atoms with Crippen LogP contribution in [0.1, 0.15) is 50.4 Å². The number of hydrogen-bond acceptors (Lipinski definition) is 5. The fourth-order valence-corrected chi connectivity index (χ4v) is 4.12. The first kappa shape index (κ1) is 23.1. The second-order valence-corrected chi connectivity index (χ2v) is 8.38. The molecule has 0 bridgehead atoms. The van der Waals surface area contributed by atoms with Crippen molar-refractivity contribution in [3.63, 3.8) is 0 Å². The van der Waals surface area contributed by atoms with E-state index in [1.807, 2.05) is 20.8 Å². The minimum Gasteiger partial charge on any atom is -0.454 e. The van der Waals surface area contributed by atoms with E-state index in [2.05, 4.69) is 20.9 Å². The van der Waals surface area contributed by atoms with Gasteiger partial charge in [-0.05, 0) is 69.4 Å². The van der Waals surface area contributed by atoms with Crippen LogP contribution in [-0.4, -0.2) is 60.3 Å². The molecule has 0 radical (unpaired) electrons. The third-order valence-corrected chi connectivity index (χ3v) is 6.23. The van der Waals surface area contributed by atoms with Gasteiger partial charge in [0.25, 0.3) is 5.91 Å². The van der Waals surface area contributed by atoms with Crippen molar-refractivity contribution in [1.29, 1.82) is 0 Å². The first-order chi connectivity index (χ1) is 14.9. The molecule has 2 atom stereocenters. The van der Waals surface area contributed by atoms with E-state index >= 15 is 0 Å². The maximum atomic E-state index is 13.1. The van der Waals surface area contributed by atoms with E-state index in [0.29, 0.717) is 17.1 Å². The Hall–Kier alpha value is -2.55. The number of amides is 2. The van der Waals surface area contributed by atoms with Crippen LogP contribution < -0.4 is 25.4 Å². The van der Waals surface area contributed by atoms with Crippen molar-refractivity contribution in [2.75, 3.05) is 26.4 Å². The molecule has 170 valence electrons. The Morgan fingerprint density at radius 1 is 1.16 bits per heavy atom. The van der Waals surface area contributed by atoms with Gasteiger partial charge in [0.05, 0.1) is 0 Å². The fourth-order valence-electron chi connectivity index (χ4n) is 3.79. The zero-order chi connectivity index (χ0) is 22.4. The van der Waals surface area contributed by atoms with E-state index in [1.165, 1.54) is 0 Å². The monoisotopic (exact) mass is 448 g/mol. The first-order valence-electron chi connectivity index (χ1n) is 11.0. The van der Waals surface area contributed by atoms with Crippen LogP contribution in [0.3, 0.4) is 0 Å². The average molecular weight is 449 g/mol. The topological polar surface area (TPSA) is 91.9 Å². The Bertz CT molecular complexity index is 811. The molecule has 2 amide bonds. The number of nitrogens with zero attached hydrogens (tertiary/aromatic N) is 1. The molecule has 0 aliphatic carbocycles. The summed E-state index contributed by atoms with van der Waals surface area (Å²) in [6.07, 6.45) is 2.36. The van der Waals surface area contributed by atoms with Crippen molar-refractivity contribution < 1.29 is 19.1 Å². The van der Waals surface area contributed by atoms with Crippen LogP contribution in [0, 0.1) is 5.92 Å². The zero-order valence-electron chi connectivity index (χ0n) is 18.4. The summed E-state index contributed by atoms with van der Waals surface area (Å²) in [6, 6.07) is 4.48. The number of ether oxygens (including phenoxy) is 2. The van der Waals surface area contributed by atoms with E-state index in [1.54, 1.807) is 18.2 Å². The van der Waals surface area contributed by atoms with Gasteiger partial charge in [-0.15, -0.1) is 0 Å². The molecule has 1 saturated heterocycles. The number of carbonyl (C=O) groups is 2. The lowest BCUT2D eigenvalue weighted by Crippen LogP contribution is -2.55. The van der Waals surface area contributed by atoms with Crippen molar-refractivity contribution in [3.8, 4) is 11.5 Å². The van der Waals surface area contributed by atoms with Crippen molar-refractivity contribution >= 4 is 29.1 Å². The largest absolute Gasteiger partial charge is 0.454 e. The summed E-state index contributed by atoms with van der Waals surface area (Å²) in [5.74, 6) is 0.747. The van der Waals surface area contributed by atoms with Crippen LogP contribution in [0.25, 0.3) is 0 Å². The summed E-state index contributed by atoms with van der Waals surface area (Å²) >= 11 is 5.42. The SMILES string of the molecule is CCNC(=S)N1CCC([C@@H](NC(=O)c2ccc3c(c2)OCO3)C(=O)N[C@@H](C)CC)CC1. The number of piperidine rings is 1. The molecule has 3 rings (SSSR count). The molecule has 0 unspecified atom stereocenters. The summed E-state index contributed by atoms with van der Waals surface area (Å²) in [6.45, 7) is 8.43. The van der Waals surface area contributed by atoms with Gasteiger partial charge in [0.15, 0.2) is 16.6 Å². The predicted octanol–water partition coefficient (Wildman–Crippen LogP) is 2.03. The summed E-state index contributed by atoms with van der Waals surface area (Å²) < 4.78 is 10.7. The number of fused-ring (bicyclic) bond motifs is 1. The van der Waals surface area contributed by atoms with Gasteiger partial charge in [-0.1, -0.05) is 6.92 Å². The van der Waals surface area contributed by atoms with Crippen LogP contribution in [0.5, 0.6) is 11.5 Å². The summed E-state index contributed by atoms with van der Waals surface area (Å²) in [4.78, 5) is 28.2. The molecule has 9 heteroatoms. The lowest BCUT2D eigenvalue weighted by atomic mass is 9.88. The van der Waals surface area contributed by atoms with Gasteiger partial charge in [0.2, 0.25) is 12.7 Å². The summed E-state index contributed by atoms with van der Waals surface area (Å²) in [5, 5.41) is 9.93. The van der Waals surface area contributed by atoms with E-state index in [-0.39, 0.29) is 30.6 Å². The Labute approximate surface area is 189 Å². The van der Waals surface area contributed by atoms with Crippen LogP contribution in [-0.2, 0) is 4.79 Å². The Morgan fingerprint density at radius 3 is 2.55 bits per heavy atom. The zero-order valence-corrected chi connectivity index (χ0v) is 19.2. The highest BCUT2D eigenvalue weighted by Crippen LogP contribution is 2.32. The average Bonchev–Trinajstić information content (AvgIpc) is 3.25. The molecule has 3 N–H and O–H groups in total. The third kappa shape index (κ3) is 5.78. The molecule has 31 heavy (non-hydrogen) atoms. The number of carbonyl (C=O) groups excluding carboxylic acids is 2. The molecule has 1 aromatic carbocycles. The lowest BCUT2D eigenvalue weighted by molar-refractivity contribution is -0.125. The Morgan fingerprint density at radius 2 is 1.87 bits per heavy atom. The van der Waals surface area contributed by atoms with Crippen molar-refractivity contribution in [2.24, 2.45) is 5.92 Å². The Kier molecular flexibility index (Phi) is 7.95. The van der Waals surface area contributed by atoms with Gasteiger partial charge < -0.3 is 30.3 Å². The van der Waals surface area contributed by atoms with E-state index < -0.39 is 6.04 Å². The van der Waals surface area contributed by atoms with E-state index in [0.717, 1.165) is 44.0 Å². The molecular weight excluding hydrogens is 416 g/mol. The first-order valence-corrected chi connectivity index (χ1v) is 11.4. The van der Waals surface area contributed by atoms with E-state index in [9.17, 15) is 9.59 Å². The summed E-state index contributed by atoms with van der Waals surface area (Å²) in [7, 11) is 0. The van der Waals surface area contributed by atoms with Crippen LogP contribution >= 0.6 is 12.2 Å². The number of benzene rings is 1. The molecule has 0 spiro atoms. The van der Waals surface area contributed by atoms with Gasteiger partial charge in [-0.3, -0.25) is 9.59 Å².